The molecule has 2 nitrogen and oxygen atoms in total. The third kappa shape index (κ3) is 2.72. The molecule has 2 atom stereocenters. The minimum Gasteiger partial charge on any atom is -0.308 e. The summed E-state index contributed by atoms with van der Waals surface area (Å²) in [7, 11) is 0. The summed E-state index contributed by atoms with van der Waals surface area (Å²) in [5.41, 5.74) is 0. The van der Waals surface area contributed by atoms with Gasteiger partial charge in [-0.3, -0.25) is 0 Å². The molecular formula is C11H13ClN2S. The second-order valence-electron chi connectivity index (χ2n) is 3.86. The maximum absolute atomic E-state index is 8.93. The minimum atomic E-state index is 0.195. The summed E-state index contributed by atoms with van der Waals surface area (Å²) in [4.78, 5) is 1.24. The number of halogens is 1. The van der Waals surface area contributed by atoms with E-state index in [9.17, 15) is 0 Å². The van der Waals surface area contributed by atoms with Gasteiger partial charge in [-0.15, -0.1) is 11.3 Å². The number of rotatable bonds is 3. The smallest absolute Gasteiger partial charge is 0.0931 e. The first-order chi connectivity index (χ1) is 7.29. The molecule has 0 spiro atoms. The van der Waals surface area contributed by atoms with Crippen LogP contribution in [0.3, 0.4) is 0 Å². The molecule has 0 bridgehead atoms. The SMILES string of the molecule is N#CC1CCCC1NCc1ccc(Cl)s1. The van der Waals surface area contributed by atoms with E-state index in [0.717, 1.165) is 23.7 Å². The highest BCUT2D eigenvalue weighted by Crippen LogP contribution is 2.26. The molecule has 1 saturated carbocycles. The molecule has 1 aliphatic carbocycles. The van der Waals surface area contributed by atoms with Crippen LogP contribution in [0.25, 0.3) is 0 Å². The standard InChI is InChI=1S/C11H13ClN2S/c12-11-5-4-9(15-11)7-14-10-3-1-2-8(10)6-13/h4-5,8,10,14H,1-3,7H2. The molecule has 0 aliphatic heterocycles. The van der Waals surface area contributed by atoms with E-state index < -0.39 is 0 Å². The van der Waals surface area contributed by atoms with Crippen molar-refractivity contribution in [1.29, 1.82) is 5.26 Å². The summed E-state index contributed by atoms with van der Waals surface area (Å²) in [6.07, 6.45) is 3.33. The van der Waals surface area contributed by atoms with E-state index in [1.165, 1.54) is 11.3 Å². The zero-order valence-electron chi connectivity index (χ0n) is 8.37. The molecule has 1 N–H and O–H groups in total. The van der Waals surface area contributed by atoms with Crippen LogP contribution in [0.5, 0.6) is 0 Å². The van der Waals surface area contributed by atoms with Crippen LogP contribution in [-0.4, -0.2) is 6.04 Å². The molecule has 15 heavy (non-hydrogen) atoms. The first-order valence-corrected chi connectivity index (χ1v) is 6.36. The van der Waals surface area contributed by atoms with Gasteiger partial charge in [0, 0.05) is 17.5 Å². The first-order valence-electron chi connectivity index (χ1n) is 5.17. The Morgan fingerprint density at radius 1 is 1.53 bits per heavy atom. The number of nitrogens with zero attached hydrogens (tertiary/aromatic N) is 1. The topological polar surface area (TPSA) is 35.8 Å². The molecule has 1 aliphatic rings. The van der Waals surface area contributed by atoms with Gasteiger partial charge in [0.05, 0.1) is 16.3 Å². The molecule has 80 valence electrons. The van der Waals surface area contributed by atoms with Crippen LogP contribution in [0.15, 0.2) is 12.1 Å². The van der Waals surface area contributed by atoms with E-state index >= 15 is 0 Å². The Balaban J connectivity index is 1.85. The number of nitrogens with one attached hydrogen (secondary N) is 1. The monoisotopic (exact) mass is 240 g/mol. The Kier molecular flexibility index (Phi) is 3.63. The molecule has 4 heteroatoms. The van der Waals surface area contributed by atoms with Crippen LogP contribution in [-0.2, 0) is 6.54 Å². The normalized spacial score (nSPS) is 25.3. The lowest BCUT2D eigenvalue weighted by Gasteiger charge is -2.14. The molecule has 0 aromatic carbocycles. The van der Waals surface area contributed by atoms with Crippen LogP contribution < -0.4 is 5.32 Å². The van der Waals surface area contributed by atoms with E-state index in [0.29, 0.717) is 6.04 Å². The minimum absolute atomic E-state index is 0.195. The summed E-state index contributed by atoms with van der Waals surface area (Å²) >= 11 is 7.45. The zero-order valence-corrected chi connectivity index (χ0v) is 9.94. The number of hydrogen-bond acceptors (Lipinski definition) is 3. The largest absolute Gasteiger partial charge is 0.308 e. The fourth-order valence-corrected chi connectivity index (χ4v) is 3.08. The van der Waals surface area contributed by atoms with E-state index in [1.807, 2.05) is 12.1 Å². The lowest BCUT2D eigenvalue weighted by Crippen LogP contribution is -2.30. The molecular weight excluding hydrogens is 228 g/mol. The van der Waals surface area contributed by atoms with Crippen molar-refractivity contribution in [2.24, 2.45) is 5.92 Å². The molecule has 1 aromatic rings. The Bertz CT molecular complexity index is 369. The van der Waals surface area contributed by atoms with Crippen molar-refractivity contribution in [3.63, 3.8) is 0 Å². The molecule has 0 saturated heterocycles. The Hall–Kier alpha value is -0.560. The molecule has 2 unspecified atom stereocenters. The van der Waals surface area contributed by atoms with Crippen LogP contribution in [0.1, 0.15) is 24.1 Å². The van der Waals surface area contributed by atoms with Crippen LogP contribution >= 0.6 is 22.9 Å². The highest BCUT2D eigenvalue weighted by molar-refractivity contribution is 7.16. The molecule has 1 aromatic heterocycles. The van der Waals surface area contributed by atoms with Gasteiger partial charge < -0.3 is 5.32 Å². The second-order valence-corrected chi connectivity index (χ2v) is 5.66. The van der Waals surface area contributed by atoms with Crippen molar-refractivity contribution < 1.29 is 0 Å². The van der Waals surface area contributed by atoms with Crippen molar-refractivity contribution in [1.82, 2.24) is 5.32 Å². The highest BCUT2D eigenvalue weighted by Gasteiger charge is 2.26. The molecule has 2 rings (SSSR count). The predicted octanol–water partition coefficient (Wildman–Crippen LogP) is 3.18. The van der Waals surface area contributed by atoms with Gasteiger partial charge in [-0.2, -0.15) is 5.26 Å². The van der Waals surface area contributed by atoms with Crippen molar-refractivity contribution in [3.8, 4) is 6.07 Å². The number of nitriles is 1. The fraction of sp³-hybridized carbons (Fsp3) is 0.545. The summed E-state index contributed by atoms with van der Waals surface area (Å²) in [5, 5.41) is 12.4. The Morgan fingerprint density at radius 3 is 3.07 bits per heavy atom. The molecule has 1 heterocycles. The summed E-state index contributed by atoms with van der Waals surface area (Å²) in [5.74, 6) is 0.195. The van der Waals surface area contributed by atoms with Gasteiger partial charge in [0.25, 0.3) is 0 Å². The average molecular weight is 241 g/mol. The van der Waals surface area contributed by atoms with Gasteiger partial charge in [-0.05, 0) is 25.0 Å². The maximum atomic E-state index is 8.93. The van der Waals surface area contributed by atoms with Crippen molar-refractivity contribution in [2.75, 3.05) is 0 Å². The summed E-state index contributed by atoms with van der Waals surface area (Å²) in [6, 6.07) is 6.70. The predicted molar refractivity (Wildman–Crippen MR) is 62.9 cm³/mol. The lowest BCUT2D eigenvalue weighted by atomic mass is 10.1. The van der Waals surface area contributed by atoms with E-state index in [1.54, 1.807) is 11.3 Å². The molecule has 1 fully saturated rings. The van der Waals surface area contributed by atoms with Crippen molar-refractivity contribution >= 4 is 22.9 Å². The van der Waals surface area contributed by atoms with Crippen molar-refractivity contribution in [2.45, 2.75) is 31.8 Å². The van der Waals surface area contributed by atoms with Crippen molar-refractivity contribution in [3.05, 3.63) is 21.3 Å². The molecule has 0 amide bonds. The first kappa shape index (κ1) is 10.9. The fourth-order valence-electron chi connectivity index (χ4n) is 2.04. The third-order valence-electron chi connectivity index (χ3n) is 2.85. The van der Waals surface area contributed by atoms with Gasteiger partial charge in [-0.1, -0.05) is 18.0 Å². The quantitative estimate of drug-likeness (QED) is 0.881. The van der Waals surface area contributed by atoms with Gasteiger partial charge in [0.2, 0.25) is 0 Å². The maximum Gasteiger partial charge on any atom is 0.0931 e. The average Bonchev–Trinajstić information content (AvgIpc) is 2.83. The van der Waals surface area contributed by atoms with Gasteiger partial charge in [-0.25, -0.2) is 0 Å². The van der Waals surface area contributed by atoms with Crippen LogP contribution in [0.4, 0.5) is 0 Å². The number of hydrogen-bond donors (Lipinski definition) is 1. The third-order valence-corrected chi connectivity index (χ3v) is 4.08. The van der Waals surface area contributed by atoms with Crippen LogP contribution in [0, 0.1) is 17.2 Å². The highest BCUT2D eigenvalue weighted by atomic mass is 35.5. The van der Waals surface area contributed by atoms with Gasteiger partial charge >= 0.3 is 0 Å². The Labute approximate surface area is 98.9 Å². The zero-order chi connectivity index (χ0) is 10.7. The second kappa shape index (κ2) is 4.98. The Morgan fingerprint density at radius 2 is 2.40 bits per heavy atom. The lowest BCUT2D eigenvalue weighted by molar-refractivity contribution is 0.466. The number of thiophene rings is 1. The van der Waals surface area contributed by atoms with Gasteiger partial charge in [0.15, 0.2) is 0 Å². The summed E-state index contributed by atoms with van der Waals surface area (Å²) in [6.45, 7) is 0.834. The van der Waals surface area contributed by atoms with E-state index in [4.69, 9.17) is 16.9 Å². The summed E-state index contributed by atoms with van der Waals surface area (Å²) < 4.78 is 0.829. The van der Waals surface area contributed by atoms with E-state index in [2.05, 4.69) is 11.4 Å². The van der Waals surface area contributed by atoms with Gasteiger partial charge in [0.1, 0.15) is 0 Å². The van der Waals surface area contributed by atoms with E-state index in [-0.39, 0.29) is 5.92 Å². The molecule has 0 radical (unpaired) electrons. The van der Waals surface area contributed by atoms with Crippen LogP contribution in [0.2, 0.25) is 4.34 Å².